The molecule has 2 aromatic rings. The molecule has 0 amide bonds. The fourth-order valence-electron chi connectivity index (χ4n) is 1.80. The van der Waals surface area contributed by atoms with Crippen LogP contribution in [0.5, 0.6) is 5.75 Å². The number of rotatable bonds is 4. The summed E-state index contributed by atoms with van der Waals surface area (Å²) in [5, 5.41) is 10.1. The average Bonchev–Trinajstić information content (AvgIpc) is 2.79. The summed E-state index contributed by atoms with van der Waals surface area (Å²) >= 11 is 1.62. The Labute approximate surface area is 122 Å². The van der Waals surface area contributed by atoms with Crippen LogP contribution in [0.4, 0.5) is 0 Å². The number of hydrogen-bond donors (Lipinski definition) is 1. The highest BCUT2D eigenvalue weighted by Crippen LogP contribution is 2.35. The molecule has 0 aliphatic rings. The summed E-state index contributed by atoms with van der Waals surface area (Å²) in [5.74, 6) is -0.403. The molecule has 1 aromatic carbocycles. The zero-order chi connectivity index (χ0) is 14.9. The number of hydrogen-bond acceptors (Lipinski definition) is 4. The van der Waals surface area contributed by atoms with E-state index in [1.165, 1.54) is 0 Å². The quantitative estimate of drug-likeness (QED) is 0.930. The predicted molar refractivity (Wildman–Crippen MR) is 80.7 cm³/mol. The van der Waals surface area contributed by atoms with Gasteiger partial charge < -0.3 is 9.84 Å². The summed E-state index contributed by atoms with van der Waals surface area (Å²) in [6.07, 6.45) is -0.414. The maximum absolute atomic E-state index is 11.1. The highest BCUT2D eigenvalue weighted by Gasteiger charge is 2.22. The van der Waals surface area contributed by atoms with E-state index >= 15 is 0 Å². The van der Waals surface area contributed by atoms with E-state index in [1.807, 2.05) is 12.1 Å². The highest BCUT2D eigenvalue weighted by atomic mass is 32.1. The first-order chi connectivity index (χ1) is 9.32. The standard InChI is InChI=1S/C15H19NO3S/c1-5-9(13(17)18)19-10-7-6-8-11-12(10)16-14(20-11)15(2,3)4/h6-9H,5H2,1-4H3,(H,17,18). The molecule has 4 nitrogen and oxygen atoms in total. The number of thiazole rings is 1. The summed E-state index contributed by atoms with van der Waals surface area (Å²) in [7, 11) is 0. The lowest BCUT2D eigenvalue weighted by atomic mass is 9.98. The van der Waals surface area contributed by atoms with Gasteiger partial charge in [0.15, 0.2) is 6.10 Å². The summed E-state index contributed by atoms with van der Waals surface area (Å²) in [6, 6.07) is 5.63. The van der Waals surface area contributed by atoms with Crippen molar-refractivity contribution in [1.82, 2.24) is 4.98 Å². The second kappa shape index (κ2) is 5.40. The minimum Gasteiger partial charge on any atom is -0.479 e. The van der Waals surface area contributed by atoms with E-state index < -0.39 is 12.1 Å². The number of para-hydroxylation sites is 1. The molecular formula is C15H19NO3S. The third-order valence-electron chi connectivity index (χ3n) is 2.94. The zero-order valence-corrected chi connectivity index (χ0v) is 13.0. The van der Waals surface area contributed by atoms with E-state index in [0.29, 0.717) is 12.2 Å². The SMILES string of the molecule is CCC(Oc1cccc2sc(C(C)(C)C)nc12)C(=O)O. The Bertz CT molecular complexity index is 628. The van der Waals surface area contributed by atoms with Crippen molar-refractivity contribution in [2.75, 3.05) is 0 Å². The molecule has 108 valence electrons. The molecule has 0 bridgehead atoms. The molecule has 1 N–H and O–H groups in total. The molecule has 0 saturated carbocycles. The minimum atomic E-state index is -0.948. The molecule has 0 radical (unpaired) electrons. The fraction of sp³-hybridized carbons (Fsp3) is 0.467. The van der Waals surface area contributed by atoms with Crippen LogP contribution in [-0.2, 0) is 10.2 Å². The number of nitrogens with zero attached hydrogens (tertiary/aromatic N) is 1. The number of aliphatic carboxylic acids is 1. The van der Waals surface area contributed by atoms with Crippen LogP contribution < -0.4 is 4.74 Å². The van der Waals surface area contributed by atoms with Gasteiger partial charge in [-0.25, -0.2) is 9.78 Å². The molecule has 1 heterocycles. The molecule has 2 rings (SSSR count). The molecule has 0 spiro atoms. The Balaban J connectivity index is 2.44. The lowest BCUT2D eigenvalue weighted by Crippen LogP contribution is -2.26. The van der Waals surface area contributed by atoms with Gasteiger partial charge >= 0.3 is 5.97 Å². The molecule has 1 atom stereocenters. The van der Waals surface area contributed by atoms with Crippen LogP contribution in [0, 0.1) is 0 Å². The zero-order valence-electron chi connectivity index (χ0n) is 12.1. The Morgan fingerprint density at radius 2 is 2.15 bits per heavy atom. The molecular weight excluding hydrogens is 274 g/mol. The summed E-state index contributed by atoms with van der Waals surface area (Å²) < 4.78 is 6.63. The van der Waals surface area contributed by atoms with Crippen molar-refractivity contribution in [1.29, 1.82) is 0 Å². The Morgan fingerprint density at radius 1 is 1.45 bits per heavy atom. The van der Waals surface area contributed by atoms with Crippen molar-refractivity contribution in [2.24, 2.45) is 0 Å². The van der Waals surface area contributed by atoms with Crippen molar-refractivity contribution >= 4 is 27.5 Å². The third-order valence-corrected chi connectivity index (χ3v) is 4.39. The lowest BCUT2D eigenvalue weighted by molar-refractivity contribution is -0.145. The summed E-state index contributed by atoms with van der Waals surface area (Å²) in [6.45, 7) is 8.12. The normalized spacial score (nSPS) is 13.4. The van der Waals surface area contributed by atoms with Crippen LogP contribution in [0.1, 0.15) is 39.1 Å². The molecule has 5 heteroatoms. The number of fused-ring (bicyclic) bond motifs is 1. The van der Waals surface area contributed by atoms with Gasteiger partial charge in [-0.15, -0.1) is 11.3 Å². The van der Waals surface area contributed by atoms with Crippen molar-refractivity contribution in [2.45, 2.75) is 45.6 Å². The Morgan fingerprint density at radius 3 is 2.70 bits per heavy atom. The highest BCUT2D eigenvalue weighted by molar-refractivity contribution is 7.18. The number of benzene rings is 1. The van der Waals surface area contributed by atoms with Crippen molar-refractivity contribution in [3.63, 3.8) is 0 Å². The molecule has 20 heavy (non-hydrogen) atoms. The van der Waals surface area contributed by atoms with Crippen LogP contribution in [0.15, 0.2) is 18.2 Å². The van der Waals surface area contributed by atoms with E-state index in [4.69, 9.17) is 9.84 Å². The summed E-state index contributed by atoms with van der Waals surface area (Å²) in [4.78, 5) is 15.7. The van der Waals surface area contributed by atoms with Gasteiger partial charge in [0.1, 0.15) is 11.3 Å². The second-order valence-electron chi connectivity index (χ2n) is 5.72. The van der Waals surface area contributed by atoms with Crippen LogP contribution >= 0.6 is 11.3 Å². The lowest BCUT2D eigenvalue weighted by Gasteiger charge is -2.14. The predicted octanol–water partition coefficient (Wildman–Crippen LogP) is 3.84. The second-order valence-corrected chi connectivity index (χ2v) is 6.76. The van der Waals surface area contributed by atoms with Gasteiger partial charge in [-0.05, 0) is 18.6 Å². The van der Waals surface area contributed by atoms with Crippen LogP contribution in [0.3, 0.4) is 0 Å². The number of carboxylic acid groups (broad SMARTS) is 1. The van der Waals surface area contributed by atoms with Crippen molar-refractivity contribution in [3.8, 4) is 5.75 Å². The van der Waals surface area contributed by atoms with Crippen molar-refractivity contribution < 1.29 is 14.6 Å². The first-order valence-corrected chi connectivity index (χ1v) is 7.44. The molecule has 0 saturated heterocycles. The first kappa shape index (κ1) is 14.8. The Kier molecular flexibility index (Phi) is 3.99. The van der Waals surface area contributed by atoms with Crippen molar-refractivity contribution in [3.05, 3.63) is 23.2 Å². The van der Waals surface area contributed by atoms with E-state index in [-0.39, 0.29) is 5.41 Å². The minimum absolute atomic E-state index is 0.0298. The van der Waals surface area contributed by atoms with Gasteiger partial charge in [0, 0.05) is 5.41 Å². The summed E-state index contributed by atoms with van der Waals surface area (Å²) in [5.41, 5.74) is 0.722. The maximum atomic E-state index is 11.1. The topological polar surface area (TPSA) is 59.4 Å². The van der Waals surface area contributed by atoms with Gasteiger partial charge in [0.2, 0.25) is 0 Å². The molecule has 0 aliphatic heterocycles. The monoisotopic (exact) mass is 293 g/mol. The van der Waals surface area contributed by atoms with Gasteiger partial charge in [-0.2, -0.15) is 0 Å². The fourth-order valence-corrected chi connectivity index (χ4v) is 2.84. The molecule has 0 aliphatic carbocycles. The number of carbonyl (C=O) groups is 1. The average molecular weight is 293 g/mol. The first-order valence-electron chi connectivity index (χ1n) is 6.62. The largest absolute Gasteiger partial charge is 0.479 e. The van der Waals surface area contributed by atoms with E-state index in [2.05, 4.69) is 25.8 Å². The molecule has 1 aromatic heterocycles. The van der Waals surface area contributed by atoms with Crippen LogP contribution in [-0.4, -0.2) is 22.2 Å². The number of ether oxygens (including phenoxy) is 1. The Hall–Kier alpha value is -1.62. The number of carboxylic acids is 1. The van der Waals surface area contributed by atoms with Gasteiger partial charge in [-0.3, -0.25) is 0 Å². The maximum Gasteiger partial charge on any atom is 0.344 e. The van der Waals surface area contributed by atoms with E-state index in [1.54, 1.807) is 24.3 Å². The third kappa shape index (κ3) is 2.93. The van der Waals surface area contributed by atoms with E-state index in [0.717, 1.165) is 15.2 Å². The van der Waals surface area contributed by atoms with Gasteiger partial charge in [0.05, 0.1) is 9.71 Å². The smallest absolute Gasteiger partial charge is 0.344 e. The number of aromatic nitrogens is 1. The molecule has 0 fully saturated rings. The van der Waals surface area contributed by atoms with Gasteiger partial charge in [-0.1, -0.05) is 33.8 Å². The van der Waals surface area contributed by atoms with Crippen LogP contribution in [0.25, 0.3) is 10.2 Å². The van der Waals surface area contributed by atoms with Gasteiger partial charge in [0.25, 0.3) is 0 Å². The molecule has 1 unspecified atom stereocenters. The van der Waals surface area contributed by atoms with Crippen LogP contribution in [0.2, 0.25) is 0 Å². The van der Waals surface area contributed by atoms with E-state index in [9.17, 15) is 4.79 Å².